The molecule has 26 heavy (non-hydrogen) atoms. The highest BCUT2D eigenvalue weighted by atomic mass is 79.9. The minimum absolute atomic E-state index is 0.0202. The maximum Gasteiger partial charge on any atom is 0.184 e. The second-order valence-corrected chi connectivity index (χ2v) is 15.7. The molecule has 0 spiro atoms. The maximum absolute atomic E-state index is 6.50. The molecule has 6 atom stereocenters. The monoisotopic (exact) mass is 438 g/mol. The summed E-state index contributed by atoms with van der Waals surface area (Å²) in [5, 5.41) is 0. The zero-order chi connectivity index (χ0) is 19.2. The lowest BCUT2D eigenvalue weighted by atomic mass is 9.61. The van der Waals surface area contributed by atoms with Crippen molar-refractivity contribution >= 4 is 24.2 Å². The molecule has 3 aliphatic carbocycles. The molecule has 0 radical (unpaired) electrons. The van der Waals surface area contributed by atoms with Gasteiger partial charge in [0.05, 0.1) is 5.60 Å². The third kappa shape index (κ3) is 4.25. The van der Waals surface area contributed by atoms with Gasteiger partial charge in [0.15, 0.2) is 8.32 Å². The van der Waals surface area contributed by atoms with Crippen LogP contribution < -0.4 is 0 Å². The quantitative estimate of drug-likeness (QED) is 0.315. The lowest BCUT2D eigenvalue weighted by molar-refractivity contribution is 0.0811. The van der Waals surface area contributed by atoms with Gasteiger partial charge in [0.25, 0.3) is 0 Å². The highest BCUT2D eigenvalue weighted by molar-refractivity contribution is 9.11. The van der Waals surface area contributed by atoms with Gasteiger partial charge < -0.3 is 4.43 Å². The predicted molar refractivity (Wildman–Crippen MR) is 119 cm³/mol. The van der Waals surface area contributed by atoms with Crippen molar-refractivity contribution < 1.29 is 4.43 Å². The molecule has 0 bridgehead atoms. The number of hydrogen-bond acceptors (Lipinski definition) is 1. The molecule has 148 valence electrons. The molecule has 0 aliphatic heterocycles. The fraction of sp³-hybridized carbons (Fsp3) is 0.826. The summed E-state index contributed by atoms with van der Waals surface area (Å²) in [6.07, 6.45) is 14.3. The first-order valence-corrected chi connectivity index (χ1v) is 15.1. The van der Waals surface area contributed by atoms with Gasteiger partial charge in [-0.2, -0.15) is 0 Å². The molecule has 0 aromatic heterocycles. The van der Waals surface area contributed by atoms with Crippen molar-refractivity contribution in [1.82, 2.24) is 0 Å². The van der Waals surface area contributed by atoms with Crippen LogP contribution in [0.5, 0.6) is 0 Å². The van der Waals surface area contributed by atoms with Gasteiger partial charge in [-0.3, -0.25) is 0 Å². The van der Waals surface area contributed by atoms with Crippen LogP contribution in [0, 0.1) is 29.1 Å². The SMILES string of the molecule is C[C@H](C[C@H]1C=C[C@](C)(O[Si](C)(C)C)C1)[C@H]1CCC2C(=CBr)CCC[C@]21C. The van der Waals surface area contributed by atoms with Crippen LogP contribution in [-0.2, 0) is 4.43 Å². The van der Waals surface area contributed by atoms with Crippen molar-refractivity contribution in [2.45, 2.75) is 91.0 Å². The van der Waals surface area contributed by atoms with Crippen LogP contribution in [0.15, 0.2) is 22.7 Å². The standard InChI is InChI=1S/C23H39BrOSi/c1-17(14-18-11-13-22(2,15-18)25-26(4,5)6)20-9-10-21-19(16-24)8-7-12-23(20,21)3/h11,13,16-18,20-21H,7-10,12,14-15H2,1-6H3/t17-,18-,20-,21?,22+,23+/m1/s1. The van der Waals surface area contributed by atoms with E-state index >= 15 is 0 Å². The summed E-state index contributed by atoms with van der Waals surface area (Å²) in [5.74, 6) is 3.21. The summed E-state index contributed by atoms with van der Waals surface area (Å²) in [7, 11) is -1.50. The summed E-state index contributed by atoms with van der Waals surface area (Å²) < 4.78 is 6.50. The molecule has 0 aromatic rings. The van der Waals surface area contributed by atoms with Crippen LogP contribution in [0.1, 0.15) is 65.7 Å². The number of halogens is 1. The van der Waals surface area contributed by atoms with Crippen molar-refractivity contribution in [3.8, 4) is 0 Å². The Morgan fingerprint density at radius 2 is 2.04 bits per heavy atom. The topological polar surface area (TPSA) is 9.23 Å². The predicted octanol–water partition coefficient (Wildman–Crippen LogP) is 7.69. The molecule has 1 nitrogen and oxygen atoms in total. The van der Waals surface area contributed by atoms with Gasteiger partial charge >= 0.3 is 0 Å². The van der Waals surface area contributed by atoms with E-state index in [1.807, 2.05) is 0 Å². The largest absolute Gasteiger partial charge is 0.409 e. The van der Waals surface area contributed by atoms with E-state index in [4.69, 9.17) is 4.43 Å². The van der Waals surface area contributed by atoms with Gasteiger partial charge in [-0.25, -0.2) is 0 Å². The van der Waals surface area contributed by atoms with E-state index in [9.17, 15) is 0 Å². The zero-order valence-electron chi connectivity index (χ0n) is 17.8. The minimum Gasteiger partial charge on any atom is -0.409 e. The summed E-state index contributed by atoms with van der Waals surface area (Å²) in [4.78, 5) is 2.25. The smallest absolute Gasteiger partial charge is 0.184 e. The normalized spacial score (nSPS) is 43.0. The van der Waals surface area contributed by atoms with Gasteiger partial charge in [-0.1, -0.05) is 47.5 Å². The zero-order valence-corrected chi connectivity index (χ0v) is 20.4. The summed E-state index contributed by atoms with van der Waals surface area (Å²) >= 11 is 3.65. The van der Waals surface area contributed by atoms with Crippen molar-refractivity contribution in [3.05, 3.63) is 22.7 Å². The van der Waals surface area contributed by atoms with Gasteiger partial charge in [0, 0.05) is 0 Å². The molecule has 0 saturated heterocycles. The maximum atomic E-state index is 6.50. The molecule has 2 fully saturated rings. The number of rotatable bonds is 5. The fourth-order valence-electron chi connectivity index (χ4n) is 6.72. The number of allylic oxidation sites excluding steroid dienone is 2. The molecule has 3 aliphatic rings. The Hall–Kier alpha value is 0.137. The van der Waals surface area contributed by atoms with E-state index in [0.717, 1.165) is 17.8 Å². The molecular weight excluding hydrogens is 400 g/mol. The van der Waals surface area contributed by atoms with Crippen molar-refractivity contribution in [2.75, 3.05) is 0 Å². The molecule has 0 aromatic carbocycles. The number of fused-ring (bicyclic) bond motifs is 1. The van der Waals surface area contributed by atoms with Crippen LogP contribution in [0.25, 0.3) is 0 Å². The molecule has 0 N–H and O–H groups in total. The van der Waals surface area contributed by atoms with E-state index < -0.39 is 8.32 Å². The fourth-order valence-corrected chi connectivity index (χ4v) is 8.82. The first-order valence-electron chi connectivity index (χ1n) is 10.7. The van der Waals surface area contributed by atoms with Gasteiger partial charge in [-0.05, 0) is 106 Å². The van der Waals surface area contributed by atoms with Crippen molar-refractivity contribution in [1.29, 1.82) is 0 Å². The molecule has 2 saturated carbocycles. The molecular formula is C23H39BrOSi. The Morgan fingerprint density at radius 1 is 1.31 bits per heavy atom. The minimum atomic E-state index is -1.50. The van der Waals surface area contributed by atoms with E-state index in [2.05, 4.69) is 73.5 Å². The third-order valence-corrected chi connectivity index (χ3v) is 9.13. The molecule has 3 heteroatoms. The van der Waals surface area contributed by atoms with E-state index in [0.29, 0.717) is 11.3 Å². The molecule has 0 amide bonds. The average molecular weight is 440 g/mol. The summed E-state index contributed by atoms with van der Waals surface area (Å²) in [6, 6.07) is 0. The first kappa shape index (κ1) is 20.9. The molecule has 1 unspecified atom stereocenters. The summed E-state index contributed by atoms with van der Waals surface area (Å²) in [5.41, 5.74) is 2.19. The Morgan fingerprint density at radius 3 is 2.69 bits per heavy atom. The second kappa shape index (κ2) is 7.52. The van der Waals surface area contributed by atoms with Crippen LogP contribution in [0.3, 0.4) is 0 Å². The number of hydrogen-bond donors (Lipinski definition) is 0. The Labute approximate surface area is 171 Å². The molecule has 0 heterocycles. The Kier molecular flexibility index (Phi) is 6.03. The van der Waals surface area contributed by atoms with Gasteiger partial charge in [-0.15, -0.1) is 0 Å². The van der Waals surface area contributed by atoms with Crippen LogP contribution in [0.2, 0.25) is 19.6 Å². The first-order chi connectivity index (χ1) is 12.1. The average Bonchev–Trinajstić information content (AvgIpc) is 3.04. The van der Waals surface area contributed by atoms with Gasteiger partial charge in [0.1, 0.15) is 0 Å². The Bertz CT molecular complexity index is 577. The van der Waals surface area contributed by atoms with E-state index in [1.54, 1.807) is 5.57 Å². The third-order valence-electron chi connectivity index (χ3n) is 7.47. The lowest BCUT2D eigenvalue weighted by Gasteiger charge is -2.44. The van der Waals surface area contributed by atoms with E-state index in [1.165, 1.54) is 44.9 Å². The van der Waals surface area contributed by atoms with Crippen molar-refractivity contribution in [3.63, 3.8) is 0 Å². The summed E-state index contributed by atoms with van der Waals surface area (Å²) in [6.45, 7) is 14.4. The van der Waals surface area contributed by atoms with Gasteiger partial charge in [0.2, 0.25) is 0 Å². The van der Waals surface area contributed by atoms with Crippen molar-refractivity contribution in [2.24, 2.45) is 29.1 Å². The second-order valence-electron chi connectivity index (χ2n) is 10.8. The van der Waals surface area contributed by atoms with Crippen LogP contribution >= 0.6 is 15.9 Å². The lowest BCUT2D eigenvalue weighted by Crippen LogP contribution is -2.39. The highest BCUT2D eigenvalue weighted by Gasteiger charge is 2.51. The van der Waals surface area contributed by atoms with E-state index in [-0.39, 0.29) is 5.60 Å². The molecule has 3 rings (SSSR count). The van der Waals surface area contributed by atoms with Crippen LogP contribution in [0.4, 0.5) is 0 Å². The highest BCUT2D eigenvalue weighted by Crippen LogP contribution is 2.60. The Balaban J connectivity index is 1.63. The van der Waals surface area contributed by atoms with Crippen LogP contribution in [-0.4, -0.2) is 13.9 Å².